The molecule has 13 heteroatoms. The monoisotopic (exact) mass is 628 g/mol. The number of fused-ring (bicyclic) bond motifs is 1. The van der Waals surface area contributed by atoms with Crippen LogP contribution < -0.4 is 15.0 Å². The maximum absolute atomic E-state index is 13.4. The molecule has 0 unspecified atom stereocenters. The van der Waals surface area contributed by atoms with Gasteiger partial charge in [0.2, 0.25) is 0 Å². The highest BCUT2D eigenvalue weighted by Gasteiger charge is 2.39. The Hall–Kier alpha value is -4.28. The van der Waals surface area contributed by atoms with Crippen LogP contribution in [-0.4, -0.2) is 106 Å². The van der Waals surface area contributed by atoms with Gasteiger partial charge in [-0.15, -0.1) is 0 Å². The van der Waals surface area contributed by atoms with E-state index < -0.39 is 5.54 Å². The van der Waals surface area contributed by atoms with Crippen LogP contribution in [0, 0.1) is 11.3 Å². The van der Waals surface area contributed by atoms with Crippen molar-refractivity contribution in [1.29, 1.82) is 5.26 Å². The fourth-order valence-electron chi connectivity index (χ4n) is 6.20. The molecule has 2 saturated heterocycles. The normalized spacial score (nSPS) is 17.7. The summed E-state index contributed by atoms with van der Waals surface area (Å²) >= 11 is 6.35. The molecule has 2 fully saturated rings. The minimum Gasteiger partial charge on any atom is -0.492 e. The second-order valence-corrected chi connectivity index (χ2v) is 12.1. The van der Waals surface area contributed by atoms with Gasteiger partial charge in [-0.1, -0.05) is 11.6 Å². The van der Waals surface area contributed by atoms with Gasteiger partial charge in [-0.2, -0.15) is 10.4 Å². The van der Waals surface area contributed by atoms with Gasteiger partial charge in [0.1, 0.15) is 23.3 Å². The van der Waals surface area contributed by atoms with Crippen molar-refractivity contribution in [3.63, 3.8) is 0 Å². The number of amides is 1. The molecule has 1 N–H and O–H groups in total. The highest BCUT2D eigenvalue weighted by Crippen LogP contribution is 2.33. The predicted octanol–water partition coefficient (Wildman–Crippen LogP) is 3.54. The van der Waals surface area contributed by atoms with Gasteiger partial charge in [0.05, 0.1) is 47.3 Å². The molecule has 234 valence electrons. The third kappa shape index (κ3) is 6.43. The van der Waals surface area contributed by atoms with Gasteiger partial charge in [0, 0.05) is 70.3 Å². The molecular formula is C32H37ClN10O2. The number of carbonyl (C=O) groups is 1. The Morgan fingerprint density at radius 1 is 1.11 bits per heavy atom. The van der Waals surface area contributed by atoms with E-state index in [2.05, 4.69) is 55.4 Å². The maximum Gasteiger partial charge on any atom is 0.271 e. The Kier molecular flexibility index (Phi) is 8.87. The number of likely N-dealkylation sites (N-methyl/N-ethyl adjacent to an activating group) is 1. The number of nitrogens with zero attached hydrogens (tertiary/aromatic N) is 9. The number of piperidine rings is 1. The highest BCUT2D eigenvalue weighted by atomic mass is 35.5. The van der Waals surface area contributed by atoms with E-state index in [0.717, 1.165) is 74.7 Å². The number of ether oxygens (including phenoxy) is 1. The Bertz CT molecular complexity index is 1710. The van der Waals surface area contributed by atoms with Crippen LogP contribution in [0.3, 0.4) is 0 Å². The van der Waals surface area contributed by atoms with Crippen LogP contribution in [-0.2, 0) is 0 Å². The first-order valence-corrected chi connectivity index (χ1v) is 15.5. The van der Waals surface area contributed by atoms with Crippen LogP contribution in [0.2, 0.25) is 5.02 Å². The Morgan fingerprint density at radius 2 is 1.93 bits per heavy atom. The van der Waals surface area contributed by atoms with E-state index in [9.17, 15) is 10.1 Å². The number of aromatic nitrogens is 4. The van der Waals surface area contributed by atoms with Crippen molar-refractivity contribution in [2.75, 3.05) is 65.0 Å². The van der Waals surface area contributed by atoms with Crippen molar-refractivity contribution < 1.29 is 9.53 Å². The van der Waals surface area contributed by atoms with Crippen molar-refractivity contribution in [3.8, 4) is 22.9 Å². The molecule has 0 spiro atoms. The summed E-state index contributed by atoms with van der Waals surface area (Å²) in [5.74, 6) is 1.28. The first-order valence-electron chi connectivity index (χ1n) is 15.1. The van der Waals surface area contributed by atoms with E-state index >= 15 is 0 Å². The average molecular weight is 629 g/mol. The van der Waals surface area contributed by atoms with Gasteiger partial charge >= 0.3 is 0 Å². The summed E-state index contributed by atoms with van der Waals surface area (Å²) in [7, 11) is 4.17. The average Bonchev–Trinajstić information content (AvgIpc) is 3.46. The molecule has 0 bridgehead atoms. The molecule has 0 aliphatic carbocycles. The molecule has 12 nitrogen and oxygen atoms in total. The Labute approximate surface area is 267 Å². The van der Waals surface area contributed by atoms with Gasteiger partial charge in [-0.25, -0.2) is 24.5 Å². The lowest BCUT2D eigenvalue weighted by molar-refractivity contribution is -0.0750. The molecule has 6 rings (SSSR count). The van der Waals surface area contributed by atoms with Crippen molar-refractivity contribution in [2.24, 2.45) is 0 Å². The summed E-state index contributed by atoms with van der Waals surface area (Å²) in [5.41, 5.74) is 2.70. The standard InChI is InChI=1S/C32H37ClN10O2/c1-4-45-25-16-26(30-24(17-34)19-37-43(30)20-25)23-7-8-28(36-18-23)42-12-9-32(10-13-42,21-41-15-14-39(2)40(3)22-41)38-31(44)29-27(33)6-5-11-35-29/h5-8,11,16,18-20H,4,9-10,12-15,21-22H2,1-3H3,(H,38,44). The summed E-state index contributed by atoms with van der Waals surface area (Å²) in [4.78, 5) is 27.2. The van der Waals surface area contributed by atoms with Crippen molar-refractivity contribution in [1.82, 2.24) is 39.8 Å². The lowest BCUT2D eigenvalue weighted by Gasteiger charge is -2.48. The van der Waals surface area contributed by atoms with Crippen LogP contribution >= 0.6 is 11.6 Å². The molecule has 0 saturated carbocycles. The van der Waals surface area contributed by atoms with Crippen LogP contribution in [0.4, 0.5) is 5.82 Å². The zero-order valence-electron chi connectivity index (χ0n) is 25.8. The van der Waals surface area contributed by atoms with E-state index in [1.54, 1.807) is 35.2 Å². The van der Waals surface area contributed by atoms with Crippen molar-refractivity contribution in [2.45, 2.75) is 25.3 Å². The minimum atomic E-state index is -0.452. The van der Waals surface area contributed by atoms with Gasteiger partial charge in [0.25, 0.3) is 5.91 Å². The summed E-state index contributed by atoms with van der Waals surface area (Å²) < 4.78 is 7.45. The molecule has 0 radical (unpaired) electrons. The number of hydrogen-bond acceptors (Lipinski definition) is 10. The fraction of sp³-hybridized carbons (Fsp3) is 0.406. The highest BCUT2D eigenvalue weighted by molar-refractivity contribution is 6.33. The number of hydrazine groups is 1. The molecule has 4 aromatic rings. The lowest BCUT2D eigenvalue weighted by atomic mass is 9.86. The first-order chi connectivity index (χ1) is 21.8. The lowest BCUT2D eigenvalue weighted by Crippen LogP contribution is -2.64. The van der Waals surface area contributed by atoms with E-state index in [0.29, 0.717) is 22.9 Å². The smallest absolute Gasteiger partial charge is 0.271 e. The molecule has 4 aromatic heterocycles. The van der Waals surface area contributed by atoms with Gasteiger partial charge in [-0.3, -0.25) is 9.69 Å². The number of anilines is 1. The molecule has 1 amide bonds. The van der Waals surface area contributed by atoms with E-state index in [4.69, 9.17) is 21.3 Å². The third-order valence-electron chi connectivity index (χ3n) is 8.73. The van der Waals surface area contributed by atoms with E-state index in [1.807, 2.05) is 31.3 Å². The second-order valence-electron chi connectivity index (χ2n) is 11.7. The zero-order chi connectivity index (χ0) is 31.6. The number of rotatable bonds is 8. The van der Waals surface area contributed by atoms with Crippen molar-refractivity contribution >= 4 is 28.8 Å². The largest absolute Gasteiger partial charge is 0.492 e. The predicted molar refractivity (Wildman–Crippen MR) is 172 cm³/mol. The summed E-state index contributed by atoms with van der Waals surface area (Å²) in [6.45, 7) is 7.23. The van der Waals surface area contributed by atoms with Crippen LogP contribution in [0.1, 0.15) is 35.8 Å². The molecular weight excluding hydrogens is 592 g/mol. The quantitative estimate of drug-likeness (QED) is 0.310. The summed E-state index contributed by atoms with van der Waals surface area (Å²) in [6, 6.07) is 11.6. The number of carbonyl (C=O) groups excluding carboxylic acids is 1. The second kappa shape index (κ2) is 13.0. The summed E-state index contributed by atoms with van der Waals surface area (Å²) in [6.07, 6.45) is 8.25. The molecule has 2 aliphatic rings. The van der Waals surface area contributed by atoms with Crippen molar-refractivity contribution in [3.05, 3.63) is 71.4 Å². The number of nitriles is 1. The van der Waals surface area contributed by atoms with Crippen LogP contribution in [0.15, 0.2) is 55.1 Å². The molecule has 2 aliphatic heterocycles. The Morgan fingerprint density at radius 3 is 2.62 bits per heavy atom. The number of hydrogen-bond donors (Lipinski definition) is 1. The number of pyridine rings is 3. The zero-order valence-corrected chi connectivity index (χ0v) is 26.5. The molecule has 0 aromatic carbocycles. The summed E-state index contributed by atoms with van der Waals surface area (Å²) in [5, 5.41) is 22.1. The molecule has 6 heterocycles. The van der Waals surface area contributed by atoms with Gasteiger partial charge < -0.3 is 15.0 Å². The SMILES string of the molecule is CCOc1cc(-c2ccc(N3CCC(CN4CCN(C)N(C)C4)(NC(=O)c4ncccc4Cl)CC3)nc2)c2c(C#N)cnn2c1. The topological polar surface area (TPSA) is 118 Å². The van der Waals surface area contributed by atoms with E-state index in [1.165, 1.54) is 0 Å². The first kappa shape index (κ1) is 30.7. The number of nitrogens with one attached hydrogen (secondary N) is 1. The van der Waals surface area contributed by atoms with Gasteiger partial charge in [-0.05, 0) is 50.1 Å². The van der Waals surface area contributed by atoms with Crippen LogP contribution in [0.25, 0.3) is 16.6 Å². The molecule has 0 atom stereocenters. The maximum atomic E-state index is 13.4. The third-order valence-corrected chi connectivity index (χ3v) is 9.03. The van der Waals surface area contributed by atoms with Crippen LogP contribution in [0.5, 0.6) is 5.75 Å². The van der Waals surface area contributed by atoms with E-state index in [-0.39, 0.29) is 11.6 Å². The van der Waals surface area contributed by atoms with Gasteiger partial charge in [0.15, 0.2) is 0 Å². The Balaban J connectivity index is 1.22. The fourth-order valence-corrected chi connectivity index (χ4v) is 6.41. The molecule has 45 heavy (non-hydrogen) atoms. The number of halogens is 1. The minimum absolute atomic E-state index is 0.244.